The molecule has 3 N–H and O–H groups in total. The van der Waals surface area contributed by atoms with Crippen molar-refractivity contribution in [1.82, 2.24) is 31.1 Å². The van der Waals surface area contributed by atoms with Crippen LogP contribution in [0.4, 0.5) is 10.5 Å². The highest BCUT2D eigenvalue weighted by molar-refractivity contribution is 6.36. The molecule has 0 aliphatic carbocycles. The Labute approximate surface area is 224 Å². The number of anilines is 1. The van der Waals surface area contributed by atoms with Gasteiger partial charge in [0.25, 0.3) is 5.91 Å². The molecule has 0 saturated carbocycles. The van der Waals surface area contributed by atoms with Gasteiger partial charge in [-0.25, -0.2) is 10.2 Å². The average Bonchev–Trinajstić information content (AvgIpc) is 3.27. The zero-order valence-corrected chi connectivity index (χ0v) is 21.0. The van der Waals surface area contributed by atoms with E-state index >= 15 is 0 Å². The minimum absolute atomic E-state index is 0.215. The lowest BCUT2D eigenvalue weighted by Crippen LogP contribution is -2.45. The molecular formula is C22H15Cl4N7O3. The second-order valence-electron chi connectivity index (χ2n) is 7.10. The highest BCUT2D eigenvalue weighted by atomic mass is 35.5. The fourth-order valence-electron chi connectivity index (χ4n) is 2.92. The van der Waals surface area contributed by atoms with Crippen molar-refractivity contribution < 1.29 is 14.3 Å². The van der Waals surface area contributed by atoms with Crippen LogP contribution in [0.2, 0.25) is 20.1 Å². The van der Waals surface area contributed by atoms with Crippen LogP contribution in [0.1, 0.15) is 0 Å². The number of amides is 3. The van der Waals surface area contributed by atoms with Gasteiger partial charge in [-0.2, -0.15) is 4.80 Å². The molecule has 0 saturated heterocycles. The SMILES string of the molecule is O=C(Cn1nnc(-c2ccccc2Oc2ccc(Cl)cc2Cl)n1)NNC(=O)Nc1cc(Cl)cc(Cl)c1. The Morgan fingerprint density at radius 1 is 0.861 bits per heavy atom. The van der Waals surface area contributed by atoms with Crippen molar-refractivity contribution in [3.05, 3.63) is 80.8 Å². The van der Waals surface area contributed by atoms with E-state index in [1.165, 1.54) is 18.2 Å². The normalized spacial score (nSPS) is 10.6. The van der Waals surface area contributed by atoms with E-state index in [1.54, 1.807) is 42.5 Å². The standard InChI is InChI=1S/C22H15Cl4N7O3/c23-12-5-6-19(17(26)10-12)36-18-4-2-1-3-16(18)21-29-32-33(31-21)11-20(34)28-30-22(35)27-15-8-13(24)7-14(25)9-15/h1-10H,11H2,(H,28,34)(H2,27,30,35). The summed E-state index contributed by atoms with van der Waals surface area (Å²) in [5.74, 6) is 0.428. The number of hydrazine groups is 1. The van der Waals surface area contributed by atoms with Gasteiger partial charge >= 0.3 is 6.03 Å². The number of para-hydroxylation sites is 1. The fraction of sp³-hybridized carbons (Fsp3) is 0.0455. The molecule has 3 aromatic carbocycles. The molecule has 1 aromatic heterocycles. The summed E-state index contributed by atoms with van der Waals surface area (Å²) in [5, 5.41) is 16.1. The zero-order valence-electron chi connectivity index (χ0n) is 18.0. The number of urea groups is 1. The summed E-state index contributed by atoms with van der Waals surface area (Å²) in [6.07, 6.45) is 0. The van der Waals surface area contributed by atoms with Crippen LogP contribution in [0.5, 0.6) is 11.5 Å². The molecule has 4 aromatic rings. The van der Waals surface area contributed by atoms with Crippen molar-refractivity contribution in [2.24, 2.45) is 0 Å². The number of tetrazole rings is 1. The van der Waals surface area contributed by atoms with Crippen molar-refractivity contribution in [3.63, 3.8) is 0 Å². The van der Waals surface area contributed by atoms with Crippen molar-refractivity contribution in [1.29, 1.82) is 0 Å². The molecule has 0 bridgehead atoms. The van der Waals surface area contributed by atoms with Gasteiger partial charge in [0.15, 0.2) is 0 Å². The van der Waals surface area contributed by atoms with Crippen LogP contribution in [0.3, 0.4) is 0 Å². The predicted octanol–water partition coefficient (Wildman–Crippen LogP) is 5.60. The molecule has 1 heterocycles. The molecule has 14 heteroatoms. The van der Waals surface area contributed by atoms with E-state index in [1.807, 2.05) is 0 Å². The minimum atomic E-state index is -0.708. The third-order valence-corrected chi connectivity index (χ3v) is 5.38. The quantitative estimate of drug-likeness (QED) is 0.261. The largest absolute Gasteiger partial charge is 0.455 e. The molecular weight excluding hydrogens is 552 g/mol. The van der Waals surface area contributed by atoms with Crippen LogP contribution >= 0.6 is 46.4 Å². The molecule has 4 rings (SSSR count). The van der Waals surface area contributed by atoms with E-state index in [0.717, 1.165) is 4.80 Å². The Hall–Kier alpha value is -3.57. The molecule has 0 spiro atoms. The summed E-state index contributed by atoms with van der Waals surface area (Å²) in [6, 6.07) is 15.6. The first-order valence-electron chi connectivity index (χ1n) is 10.1. The van der Waals surface area contributed by atoms with Gasteiger partial charge in [0.2, 0.25) is 5.82 Å². The average molecular weight is 567 g/mol. The number of aromatic nitrogens is 4. The highest BCUT2D eigenvalue weighted by Crippen LogP contribution is 2.35. The summed E-state index contributed by atoms with van der Waals surface area (Å²) in [4.78, 5) is 25.3. The van der Waals surface area contributed by atoms with Gasteiger partial charge in [0.05, 0.1) is 10.6 Å². The van der Waals surface area contributed by atoms with E-state index < -0.39 is 11.9 Å². The highest BCUT2D eigenvalue weighted by Gasteiger charge is 2.15. The van der Waals surface area contributed by atoms with E-state index in [-0.39, 0.29) is 12.4 Å². The smallest absolute Gasteiger partial charge is 0.337 e. The van der Waals surface area contributed by atoms with Gasteiger partial charge in [-0.15, -0.1) is 10.2 Å². The summed E-state index contributed by atoms with van der Waals surface area (Å²) in [5.41, 5.74) is 5.32. The van der Waals surface area contributed by atoms with Crippen molar-refractivity contribution in [3.8, 4) is 22.9 Å². The number of hydrogen-bond acceptors (Lipinski definition) is 6. The van der Waals surface area contributed by atoms with Crippen LogP contribution in [0.25, 0.3) is 11.4 Å². The van der Waals surface area contributed by atoms with E-state index in [2.05, 4.69) is 31.6 Å². The topological polar surface area (TPSA) is 123 Å². The summed E-state index contributed by atoms with van der Waals surface area (Å²) in [6.45, 7) is -0.317. The molecule has 0 atom stereocenters. The Morgan fingerprint density at radius 2 is 1.61 bits per heavy atom. The molecule has 0 unspecified atom stereocenters. The van der Waals surface area contributed by atoms with Crippen molar-refractivity contribution >= 4 is 64.0 Å². The third-order valence-electron chi connectivity index (χ3n) is 4.42. The second kappa shape index (κ2) is 11.4. The number of ether oxygens (including phenoxy) is 1. The van der Waals surface area contributed by atoms with Crippen LogP contribution in [-0.2, 0) is 11.3 Å². The van der Waals surface area contributed by atoms with Gasteiger partial charge in [0.1, 0.15) is 18.0 Å². The number of benzene rings is 3. The first-order valence-corrected chi connectivity index (χ1v) is 11.6. The Balaban J connectivity index is 1.36. The van der Waals surface area contributed by atoms with Crippen LogP contribution in [0, 0.1) is 0 Å². The van der Waals surface area contributed by atoms with Crippen LogP contribution in [-0.4, -0.2) is 32.1 Å². The first kappa shape index (κ1) is 25.5. The molecule has 10 nitrogen and oxygen atoms in total. The Morgan fingerprint density at radius 3 is 2.36 bits per heavy atom. The third kappa shape index (κ3) is 6.76. The van der Waals surface area contributed by atoms with E-state index in [0.29, 0.717) is 42.8 Å². The van der Waals surface area contributed by atoms with Crippen molar-refractivity contribution in [2.75, 3.05) is 5.32 Å². The molecule has 0 aliphatic rings. The maximum absolute atomic E-state index is 12.2. The van der Waals surface area contributed by atoms with Crippen LogP contribution < -0.4 is 20.9 Å². The first-order chi connectivity index (χ1) is 17.3. The summed E-state index contributed by atoms with van der Waals surface area (Å²) < 4.78 is 5.91. The number of rotatable bonds is 6. The number of halogens is 4. The number of nitrogens with one attached hydrogen (secondary N) is 3. The lowest BCUT2D eigenvalue weighted by molar-refractivity contribution is -0.122. The summed E-state index contributed by atoms with van der Waals surface area (Å²) >= 11 is 23.9. The van der Waals surface area contributed by atoms with Gasteiger partial charge in [-0.05, 0) is 53.7 Å². The van der Waals surface area contributed by atoms with Crippen molar-refractivity contribution in [2.45, 2.75) is 6.54 Å². The van der Waals surface area contributed by atoms with Crippen LogP contribution in [0.15, 0.2) is 60.7 Å². The summed E-state index contributed by atoms with van der Waals surface area (Å²) in [7, 11) is 0. The molecule has 0 radical (unpaired) electrons. The second-order valence-corrected chi connectivity index (χ2v) is 8.82. The number of carbonyl (C=O) groups excluding carboxylic acids is 2. The fourth-order valence-corrected chi connectivity index (χ4v) is 3.89. The maximum Gasteiger partial charge on any atom is 0.337 e. The molecule has 0 aliphatic heterocycles. The number of nitrogens with zero attached hydrogens (tertiary/aromatic N) is 4. The van der Waals surface area contributed by atoms with Gasteiger partial charge in [-0.1, -0.05) is 58.5 Å². The Kier molecular flexibility index (Phi) is 8.11. The monoisotopic (exact) mass is 565 g/mol. The number of hydrogen-bond donors (Lipinski definition) is 3. The van der Waals surface area contributed by atoms with Gasteiger partial charge < -0.3 is 10.1 Å². The van der Waals surface area contributed by atoms with E-state index in [9.17, 15) is 9.59 Å². The molecule has 36 heavy (non-hydrogen) atoms. The van der Waals surface area contributed by atoms with Gasteiger partial charge in [0, 0.05) is 20.8 Å². The predicted molar refractivity (Wildman–Crippen MR) is 137 cm³/mol. The molecule has 0 fully saturated rings. The maximum atomic E-state index is 12.2. The lowest BCUT2D eigenvalue weighted by Gasteiger charge is -2.10. The molecule has 184 valence electrons. The number of carbonyl (C=O) groups is 2. The Bertz CT molecular complexity index is 1410. The molecule has 3 amide bonds. The minimum Gasteiger partial charge on any atom is -0.455 e. The van der Waals surface area contributed by atoms with Gasteiger partial charge in [-0.3, -0.25) is 10.2 Å². The zero-order chi connectivity index (χ0) is 25.7. The lowest BCUT2D eigenvalue weighted by atomic mass is 10.2. The van der Waals surface area contributed by atoms with E-state index in [4.69, 9.17) is 51.1 Å².